The number of hydrogen-bond acceptors (Lipinski definition) is 4. The number of benzene rings is 2. The van der Waals surface area contributed by atoms with E-state index in [4.69, 9.17) is 11.6 Å². The van der Waals surface area contributed by atoms with Crippen LogP contribution in [0.25, 0.3) is 0 Å². The summed E-state index contributed by atoms with van der Waals surface area (Å²) in [5.74, 6) is -0.248. The van der Waals surface area contributed by atoms with E-state index >= 15 is 0 Å². The van der Waals surface area contributed by atoms with Gasteiger partial charge in [-0.2, -0.15) is 0 Å². The van der Waals surface area contributed by atoms with E-state index in [0.717, 1.165) is 5.56 Å². The van der Waals surface area contributed by atoms with E-state index in [2.05, 4.69) is 10.0 Å². The molecule has 0 aromatic heterocycles. The summed E-state index contributed by atoms with van der Waals surface area (Å²) < 4.78 is 26.4. The summed E-state index contributed by atoms with van der Waals surface area (Å²) in [6.45, 7) is 2.16. The van der Waals surface area contributed by atoms with Crippen LogP contribution in [0.2, 0.25) is 5.02 Å². The Morgan fingerprint density at radius 3 is 2.50 bits per heavy atom. The molecule has 0 aliphatic rings. The van der Waals surface area contributed by atoms with Gasteiger partial charge in [0, 0.05) is 22.8 Å². The zero-order valence-electron chi connectivity index (χ0n) is 16.3. The van der Waals surface area contributed by atoms with Crippen molar-refractivity contribution < 1.29 is 13.2 Å². The Kier molecular flexibility index (Phi) is 7.86. The van der Waals surface area contributed by atoms with Crippen molar-refractivity contribution >= 4 is 33.2 Å². The minimum absolute atomic E-state index is 0.0335. The Labute approximate surface area is 171 Å². The number of amides is 1. The smallest absolute Gasteiger partial charge is 0.251 e. The van der Waals surface area contributed by atoms with E-state index in [1.807, 2.05) is 43.3 Å². The van der Waals surface area contributed by atoms with Gasteiger partial charge in [-0.1, -0.05) is 42.8 Å². The maximum absolute atomic E-state index is 12.6. The first-order chi connectivity index (χ1) is 13.2. The normalized spacial score (nSPS) is 12.6. The molecule has 2 aromatic carbocycles. The van der Waals surface area contributed by atoms with Gasteiger partial charge >= 0.3 is 0 Å². The van der Waals surface area contributed by atoms with Crippen LogP contribution in [0.1, 0.15) is 35.3 Å². The van der Waals surface area contributed by atoms with E-state index < -0.39 is 10.0 Å². The van der Waals surface area contributed by atoms with E-state index in [9.17, 15) is 13.2 Å². The van der Waals surface area contributed by atoms with Crippen LogP contribution >= 0.6 is 11.6 Å². The van der Waals surface area contributed by atoms with Gasteiger partial charge < -0.3 is 10.2 Å². The van der Waals surface area contributed by atoms with Crippen LogP contribution in [-0.4, -0.2) is 45.6 Å². The highest BCUT2D eigenvalue weighted by Gasteiger charge is 2.18. The SMILES string of the molecule is CCCS(=O)(=O)Nc1cccc(C(=O)NCC(c2ccccc2Cl)N(C)C)c1. The lowest BCUT2D eigenvalue weighted by atomic mass is 10.1. The average molecular weight is 424 g/mol. The van der Waals surface area contributed by atoms with Gasteiger partial charge in [-0.25, -0.2) is 8.42 Å². The zero-order valence-corrected chi connectivity index (χ0v) is 17.8. The van der Waals surface area contributed by atoms with Gasteiger partial charge in [-0.3, -0.25) is 9.52 Å². The molecule has 0 aliphatic heterocycles. The van der Waals surface area contributed by atoms with Crippen molar-refractivity contribution in [3.8, 4) is 0 Å². The highest BCUT2D eigenvalue weighted by Crippen LogP contribution is 2.25. The summed E-state index contributed by atoms with van der Waals surface area (Å²) in [7, 11) is 0.432. The molecular formula is C20H26ClN3O3S. The van der Waals surface area contributed by atoms with Crippen molar-refractivity contribution in [2.75, 3.05) is 31.1 Å². The molecule has 2 rings (SSSR count). The molecule has 8 heteroatoms. The lowest BCUT2D eigenvalue weighted by Crippen LogP contribution is -2.34. The molecule has 0 saturated heterocycles. The molecule has 1 atom stereocenters. The predicted molar refractivity (Wildman–Crippen MR) is 114 cm³/mol. The highest BCUT2D eigenvalue weighted by molar-refractivity contribution is 7.92. The van der Waals surface area contributed by atoms with Gasteiger partial charge in [0.15, 0.2) is 0 Å². The Morgan fingerprint density at radius 2 is 1.86 bits per heavy atom. The molecule has 0 radical (unpaired) electrons. The minimum Gasteiger partial charge on any atom is -0.350 e. The number of hydrogen-bond donors (Lipinski definition) is 2. The Bertz CT molecular complexity index is 916. The fraction of sp³-hybridized carbons (Fsp3) is 0.350. The van der Waals surface area contributed by atoms with Crippen molar-refractivity contribution in [1.29, 1.82) is 0 Å². The van der Waals surface area contributed by atoms with Crippen LogP contribution in [0.3, 0.4) is 0 Å². The van der Waals surface area contributed by atoms with E-state index in [1.54, 1.807) is 25.1 Å². The lowest BCUT2D eigenvalue weighted by Gasteiger charge is -2.26. The predicted octanol–water partition coefficient (Wildman–Crippen LogP) is 3.52. The summed E-state index contributed by atoms with van der Waals surface area (Å²) >= 11 is 6.30. The molecule has 0 saturated carbocycles. The largest absolute Gasteiger partial charge is 0.350 e. The molecule has 28 heavy (non-hydrogen) atoms. The lowest BCUT2D eigenvalue weighted by molar-refractivity contribution is 0.0942. The third kappa shape index (κ3) is 6.22. The monoisotopic (exact) mass is 423 g/mol. The van der Waals surface area contributed by atoms with Gasteiger partial charge in [-0.15, -0.1) is 0 Å². The van der Waals surface area contributed by atoms with E-state index in [1.165, 1.54) is 6.07 Å². The molecule has 0 aliphatic carbocycles. The second-order valence-electron chi connectivity index (χ2n) is 6.71. The Morgan fingerprint density at radius 1 is 1.14 bits per heavy atom. The average Bonchev–Trinajstić information content (AvgIpc) is 2.62. The number of anilines is 1. The number of carbonyl (C=O) groups is 1. The third-order valence-corrected chi connectivity index (χ3v) is 6.05. The van der Waals surface area contributed by atoms with Crippen molar-refractivity contribution in [3.63, 3.8) is 0 Å². The summed E-state index contributed by atoms with van der Waals surface area (Å²) in [6.07, 6.45) is 0.517. The first-order valence-corrected chi connectivity index (χ1v) is 11.1. The number of likely N-dealkylation sites (N-methyl/N-ethyl adjacent to an activating group) is 1. The third-order valence-electron chi connectivity index (χ3n) is 4.21. The molecule has 1 unspecified atom stereocenters. The van der Waals surface area contributed by atoms with Crippen molar-refractivity contribution in [1.82, 2.24) is 10.2 Å². The first-order valence-electron chi connectivity index (χ1n) is 9.03. The summed E-state index contributed by atoms with van der Waals surface area (Å²) in [4.78, 5) is 14.6. The summed E-state index contributed by atoms with van der Waals surface area (Å²) in [5.41, 5.74) is 1.68. The number of carbonyl (C=O) groups excluding carboxylic acids is 1. The molecule has 152 valence electrons. The van der Waals surface area contributed by atoms with Gasteiger partial charge in [-0.05, 0) is 50.3 Å². The topological polar surface area (TPSA) is 78.5 Å². The Hall–Kier alpha value is -2.09. The zero-order chi connectivity index (χ0) is 20.7. The molecule has 1 amide bonds. The summed E-state index contributed by atoms with van der Waals surface area (Å²) in [5, 5.41) is 3.55. The van der Waals surface area contributed by atoms with Crippen LogP contribution in [-0.2, 0) is 10.0 Å². The molecule has 0 bridgehead atoms. The highest BCUT2D eigenvalue weighted by atomic mass is 35.5. The van der Waals surface area contributed by atoms with E-state index in [0.29, 0.717) is 29.2 Å². The number of rotatable bonds is 9. The molecule has 0 spiro atoms. The van der Waals surface area contributed by atoms with Crippen molar-refractivity contribution in [2.45, 2.75) is 19.4 Å². The molecule has 2 aromatic rings. The number of nitrogens with one attached hydrogen (secondary N) is 2. The van der Waals surface area contributed by atoms with Crippen LogP contribution in [0, 0.1) is 0 Å². The van der Waals surface area contributed by atoms with Crippen LogP contribution in [0.4, 0.5) is 5.69 Å². The van der Waals surface area contributed by atoms with Crippen LogP contribution in [0.15, 0.2) is 48.5 Å². The second-order valence-corrected chi connectivity index (χ2v) is 8.96. The molecule has 6 nitrogen and oxygen atoms in total. The summed E-state index contributed by atoms with van der Waals surface area (Å²) in [6, 6.07) is 13.9. The Balaban J connectivity index is 2.10. The van der Waals surface area contributed by atoms with Crippen LogP contribution < -0.4 is 10.0 Å². The number of halogens is 1. The second kappa shape index (κ2) is 9.91. The van der Waals surface area contributed by atoms with Gasteiger partial charge in [0.25, 0.3) is 5.91 Å². The molecule has 0 fully saturated rings. The maximum atomic E-state index is 12.6. The number of sulfonamides is 1. The molecule has 2 N–H and O–H groups in total. The van der Waals surface area contributed by atoms with E-state index in [-0.39, 0.29) is 17.7 Å². The fourth-order valence-corrected chi connectivity index (χ4v) is 4.22. The van der Waals surface area contributed by atoms with Crippen molar-refractivity contribution in [2.24, 2.45) is 0 Å². The quantitative estimate of drug-likeness (QED) is 0.646. The maximum Gasteiger partial charge on any atom is 0.251 e. The van der Waals surface area contributed by atoms with Gasteiger partial charge in [0.05, 0.1) is 11.8 Å². The fourth-order valence-electron chi connectivity index (χ4n) is 2.83. The van der Waals surface area contributed by atoms with Crippen LogP contribution in [0.5, 0.6) is 0 Å². The standard InChI is InChI=1S/C20H26ClN3O3S/c1-4-12-28(26,27)23-16-9-7-8-15(13-16)20(25)22-14-19(24(2)3)17-10-5-6-11-18(17)21/h5-11,13,19,23H,4,12,14H2,1-3H3,(H,22,25). The molecular weight excluding hydrogens is 398 g/mol. The minimum atomic E-state index is -3.41. The van der Waals surface area contributed by atoms with Crippen molar-refractivity contribution in [3.05, 3.63) is 64.7 Å². The van der Waals surface area contributed by atoms with Gasteiger partial charge in [0.2, 0.25) is 10.0 Å². The van der Waals surface area contributed by atoms with Gasteiger partial charge in [0.1, 0.15) is 0 Å². The number of nitrogens with zero attached hydrogens (tertiary/aromatic N) is 1. The first kappa shape index (κ1) is 22.2. The molecule has 0 heterocycles.